The van der Waals surface area contributed by atoms with Crippen molar-refractivity contribution in [2.24, 2.45) is 5.73 Å². The highest BCUT2D eigenvalue weighted by molar-refractivity contribution is 6.31. The number of para-hydroxylation sites is 1. The molecule has 1 amide bonds. The summed E-state index contributed by atoms with van der Waals surface area (Å²) in [6.45, 7) is 1.74. The summed E-state index contributed by atoms with van der Waals surface area (Å²) in [5.41, 5.74) is 8.03. The zero-order valence-corrected chi connectivity index (χ0v) is 20.9. The predicted octanol–water partition coefficient (Wildman–Crippen LogP) is 4.60. The van der Waals surface area contributed by atoms with Gasteiger partial charge in [-0.1, -0.05) is 48.0 Å². The van der Waals surface area contributed by atoms with E-state index in [-0.39, 0.29) is 30.1 Å². The maximum Gasteiger partial charge on any atom is 0.338 e. The van der Waals surface area contributed by atoms with Crippen LogP contribution < -0.4 is 15.5 Å². The van der Waals surface area contributed by atoms with E-state index in [4.69, 9.17) is 22.1 Å². The molecule has 0 radical (unpaired) electrons. The maximum absolute atomic E-state index is 14.5. The van der Waals surface area contributed by atoms with Gasteiger partial charge < -0.3 is 15.4 Å². The molecule has 1 atom stereocenters. The van der Waals surface area contributed by atoms with Crippen molar-refractivity contribution in [3.63, 3.8) is 0 Å². The van der Waals surface area contributed by atoms with Crippen molar-refractivity contribution in [1.29, 1.82) is 5.26 Å². The lowest BCUT2D eigenvalue weighted by atomic mass is 9.67. The quantitative estimate of drug-likeness (QED) is 0.501. The third-order valence-electron chi connectivity index (χ3n) is 7.27. The fourth-order valence-corrected chi connectivity index (χ4v) is 5.76. The molecule has 0 unspecified atom stereocenters. The average molecular weight is 527 g/mol. The first-order chi connectivity index (χ1) is 18.3. The summed E-state index contributed by atoms with van der Waals surface area (Å²) in [6, 6.07) is 20.3. The number of cyclic esters (lactones) is 1. The number of fused-ring (bicyclic) bond motifs is 3. The zero-order valence-electron chi connectivity index (χ0n) is 20.2. The summed E-state index contributed by atoms with van der Waals surface area (Å²) >= 11 is 6.39. The molecule has 3 aromatic rings. The lowest BCUT2D eigenvalue weighted by Crippen LogP contribution is -2.50. The number of carbonyl (C=O) groups excluding carboxylic acids is 2. The monoisotopic (exact) mass is 526 g/mol. The lowest BCUT2D eigenvalue weighted by Gasteiger charge is -2.38. The highest BCUT2D eigenvalue weighted by Gasteiger charge is 2.63. The SMILES string of the molecule is Cc1ccc(N2C(N)=C(C#N)[C@@]3(C(=O)N(Cc4cccc(F)c4)c4ccccc43)C3=C2COC3=O)cc1Cl. The van der Waals surface area contributed by atoms with E-state index in [2.05, 4.69) is 6.07 Å². The van der Waals surface area contributed by atoms with Gasteiger partial charge in [0.05, 0.1) is 23.4 Å². The van der Waals surface area contributed by atoms with Crippen LogP contribution in [0.2, 0.25) is 5.02 Å². The maximum atomic E-state index is 14.5. The van der Waals surface area contributed by atoms with Gasteiger partial charge in [0, 0.05) is 22.0 Å². The van der Waals surface area contributed by atoms with Gasteiger partial charge in [-0.15, -0.1) is 0 Å². The minimum absolute atomic E-state index is 0.000211. The van der Waals surface area contributed by atoms with Crippen molar-refractivity contribution in [2.45, 2.75) is 18.9 Å². The van der Waals surface area contributed by atoms with E-state index in [0.717, 1.165) is 5.56 Å². The molecular formula is C29H20ClFN4O3. The number of amides is 1. The molecule has 1 spiro atoms. The van der Waals surface area contributed by atoms with Crippen LogP contribution in [0.5, 0.6) is 0 Å². The van der Waals surface area contributed by atoms with Gasteiger partial charge >= 0.3 is 5.97 Å². The molecule has 9 heteroatoms. The Morgan fingerprint density at radius 2 is 1.92 bits per heavy atom. The molecule has 0 aliphatic carbocycles. The second kappa shape index (κ2) is 8.47. The highest BCUT2D eigenvalue weighted by atomic mass is 35.5. The molecular weight excluding hydrogens is 507 g/mol. The van der Waals surface area contributed by atoms with E-state index in [1.165, 1.54) is 17.0 Å². The number of rotatable bonds is 3. The van der Waals surface area contributed by atoms with E-state index >= 15 is 0 Å². The number of benzene rings is 3. The molecule has 7 nitrogen and oxygen atoms in total. The van der Waals surface area contributed by atoms with Gasteiger partial charge in [-0.05, 0) is 48.4 Å². The molecule has 0 fully saturated rings. The van der Waals surface area contributed by atoms with Crippen molar-refractivity contribution in [2.75, 3.05) is 16.4 Å². The average Bonchev–Trinajstić information content (AvgIpc) is 3.39. The van der Waals surface area contributed by atoms with Crippen molar-refractivity contribution in [3.8, 4) is 6.07 Å². The van der Waals surface area contributed by atoms with E-state index in [1.807, 2.05) is 6.92 Å². The van der Waals surface area contributed by atoms with Crippen molar-refractivity contribution >= 4 is 34.9 Å². The normalized spacial score (nSPS) is 20.2. The minimum atomic E-state index is -1.81. The van der Waals surface area contributed by atoms with Gasteiger partial charge in [0.15, 0.2) is 0 Å². The molecule has 0 aromatic heterocycles. The van der Waals surface area contributed by atoms with Crippen molar-refractivity contribution in [1.82, 2.24) is 0 Å². The van der Waals surface area contributed by atoms with Crippen LogP contribution >= 0.6 is 11.6 Å². The molecule has 0 saturated carbocycles. The van der Waals surface area contributed by atoms with Gasteiger partial charge in [-0.3, -0.25) is 9.69 Å². The molecule has 2 N–H and O–H groups in total. The zero-order chi connectivity index (χ0) is 26.8. The molecule has 3 heterocycles. The van der Waals surface area contributed by atoms with E-state index in [0.29, 0.717) is 33.2 Å². The fraction of sp³-hybridized carbons (Fsp3) is 0.138. The second-order valence-corrected chi connectivity index (χ2v) is 9.73. The summed E-state index contributed by atoms with van der Waals surface area (Å²) < 4.78 is 19.4. The summed E-state index contributed by atoms with van der Waals surface area (Å²) in [5, 5.41) is 11.0. The number of hydrogen-bond acceptors (Lipinski definition) is 6. The molecule has 38 heavy (non-hydrogen) atoms. The number of nitrogens with two attached hydrogens (primary N) is 1. The number of nitrogens with zero attached hydrogens (tertiary/aromatic N) is 3. The molecule has 3 aliphatic heterocycles. The standard InChI is InChI=1S/C29H20ClFN4O3/c1-16-9-10-19(12-22(16)30)35-24-15-38-27(36)25(24)29(21(13-32)26(35)33)20-7-2-3-8-23(20)34(28(29)37)14-17-5-4-6-18(31)11-17/h2-12H,14-15,33H2,1H3/t29-/m1/s1. The number of aryl methyl sites for hydroxylation is 1. The number of halogens is 2. The Morgan fingerprint density at radius 3 is 2.66 bits per heavy atom. The van der Waals surface area contributed by atoms with Gasteiger partial charge in [0.25, 0.3) is 0 Å². The molecule has 3 aliphatic rings. The Labute approximate surface area is 222 Å². The van der Waals surface area contributed by atoms with Crippen LogP contribution in [0.15, 0.2) is 89.4 Å². The Morgan fingerprint density at radius 1 is 1.13 bits per heavy atom. The molecule has 0 saturated heterocycles. The van der Waals surface area contributed by atoms with Crippen LogP contribution in [-0.2, 0) is 26.3 Å². The van der Waals surface area contributed by atoms with Crippen molar-refractivity contribution < 1.29 is 18.7 Å². The Balaban J connectivity index is 1.61. The number of hydrogen-bond donors (Lipinski definition) is 1. The second-order valence-electron chi connectivity index (χ2n) is 9.33. The first-order valence-corrected chi connectivity index (χ1v) is 12.2. The Bertz CT molecular complexity index is 1670. The minimum Gasteiger partial charge on any atom is -0.456 e. The number of ether oxygens (including phenoxy) is 1. The number of carbonyl (C=O) groups is 2. The van der Waals surface area contributed by atoms with Crippen LogP contribution in [0.3, 0.4) is 0 Å². The molecule has 188 valence electrons. The summed E-state index contributed by atoms with van der Waals surface area (Å²) in [6.07, 6.45) is 0. The van der Waals surface area contributed by atoms with Gasteiger partial charge in [0.2, 0.25) is 5.91 Å². The van der Waals surface area contributed by atoms with Crippen LogP contribution in [0, 0.1) is 24.1 Å². The van der Waals surface area contributed by atoms with Gasteiger partial charge in [0.1, 0.15) is 29.7 Å². The van der Waals surface area contributed by atoms with E-state index in [1.54, 1.807) is 59.5 Å². The Hall–Kier alpha value is -4.61. The lowest BCUT2D eigenvalue weighted by molar-refractivity contribution is -0.137. The molecule has 6 rings (SSSR count). The fourth-order valence-electron chi connectivity index (χ4n) is 5.58. The first-order valence-electron chi connectivity index (χ1n) is 11.8. The summed E-state index contributed by atoms with van der Waals surface area (Å²) in [5.74, 6) is -1.68. The summed E-state index contributed by atoms with van der Waals surface area (Å²) in [4.78, 5) is 30.9. The van der Waals surface area contributed by atoms with Crippen LogP contribution in [0.25, 0.3) is 0 Å². The summed E-state index contributed by atoms with van der Waals surface area (Å²) in [7, 11) is 0. The van der Waals surface area contributed by atoms with Crippen molar-refractivity contribution in [3.05, 3.63) is 117 Å². The van der Waals surface area contributed by atoms with Gasteiger partial charge in [-0.25, -0.2) is 9.18 Å². The number of esters is 1. The van der Waals surface area contributed by atoms with Crippen LogP contribution in [-0.4, -0.2) is 18.5 Å². The molecule has 0 bridgehead atoms. The third-order valence-corrected chi connectivity index (χ3v) is 7.68. The van der Waals surface area contributed by atoms with Crippen LogP contribution in [0.1, 0.15) is 16.7 Å². The van der Waals surface area contributed by atoms with Crippen LogP contribution in [0.4, 0.5) is 15.8 Å². The topological polar surface area (TPSA) is 99.7 Å². The largest absolute Gasteiger partial charge is 0.456 e. The highest BCUT2D eigenvalue weighted by Crippen LogP contribution is 2.56. The third kappa shape index (κ3) is 3.12. The number of nitriles is 1. The Kier molecular flexibility index (Phi) is 5.30. The van der Waals surface area contributed by atoms with E-state index < -0.39 is 23.1 Å². The van der Waals surface area contributed by atoms with Gasteiger partial charge in [-0.2, -0.15) is 5.26 Å². The smallest absolute Gasteiger partial charge is 0.338 e. The number of anilines is 2. The van der Waals surface area contributed by atoms with E-state index in [9.17, 15) is 19.2 Å². The predicted molar refractivity (Wildman–Crippen MR) is 139 cm³/mol. The first kappa shape index (κ1) is 23.8. The molecule has 3 aromatic carbocycles.